The third-order valence-corrected chi connectivity index (χ3v) is 3.55. The number of nitrogens with zero attached hydrogens (tertiary/aromatic N) is 1. The van der Waals surface area contributed by atoms with Gasteiger partial charge in [0.05, 0.1) is 19.8 Å². The Hall–Kier alpha value is -1.26. The van der Waals surface area contributed by atoms with Crippen molar-refractivity contribution in [3.05, 3.63) is 23.8 Å². The van der Waals surface area contributed by atoms with E-state index in [1.165, 1.54) is 0 Å². The largest absolute Gasteiger partial charge is 0.496 e. The van der Waals surface area contributed by atoms with E-state index < -0.39 is 5.60 Å². The molecule has 4 nitrogen and oxygen atoms in total. The van der Waals surface area contributed by atoms with Crippen LogP contribution in [0.1, 0.15) is 18.4 Å². The SMILES string of the molecule is COc1cccc(OC)c1C1(O)CCCN(C)C1. The summed E-state index contributed by atoms with van der Waals surface area (Å²) in [5.41, 5.74) is -0.133. The molecule has 1 aromatic rings. The van der Waals surface area contributed by atoms with Crippen LogP contribution in [0.25, 0.3) is 0 Å². The van der Waals surface area contributed by atoms with Crippen LogP contribution >= 0.6 is 0 Å². The molecule has 1 fully saturated rings. The van der Waals surface area contributed by atoms with E-state index in [1.54, 1.807) is 14.2 Å². The highest BCUT2D eigenvalue weighted by Crippen LogP contribution is 2.42. The van der Waals surface area contributed by atoms with Gasteiger partial charge in [0.15, 0.2) is 0 Å². The molecule has 1 N–H and O–H groups in total. The zero-order valence-corrected chi connectivity index (χ0v) is 11.3. The number of aliphatic hydroxyl groups is 1. The predicted octanol–water partition coefficient (Wildman–Crippen LogP) is 1.62. The van der Waals surface area contributed by atoms with Gasteiger partial charge in [-0.25, -0.2) is 0 Å². The quantitative estimate of drug-likeness (QED) is 0.886. The van der Waals surface area contributed by atoms with Gasteiger partial charge < -0.3 is 19.5 Å². The van der Waals surface area contributed by atoms with Crippen LogP contribution in [0.4, 0.5) is 0 Å². The summed E-state index contributed by atoms with van der Waals surface area (Å²) in [6.45, 7) is 1.61. The Morgan fingerprint density at radius 2 is 1.83 bits per heavy atom. The molecule has 0 bridgehead atoms. The van der Waals surface area contributed by atoms with Gasteiger partial charge in [-0.05, 0) is 38.6 Å². The van der Waals surface area contributed by atoms with E-state index in [0.717, 1.165) is 24.9 Å². The van der Waals surface area contributed by atoms with Crippen LogP contribution in [0.15, 0.2) is 18.2 Å². The van der Waals surface area contributed by atoms with Crippen molar-refractivity contribution in [1.82, 2.24) is 4.90 Å². The van der Waals surface area contributed by atoms with E-state index >= 15 is 0 Å². The van der Waals surface area contributed by atoms with Gasteiger partial charge in [0.2, 0.25) is 0 Å². The van der Waals surface area contributed by atoms with Gasteiger partial charge in [-0.2, -0.15) is 0 Å². The first kappa shape index (κ1) is 13.2. The number of rotatable bonds is 3. The molecule has 0 spiro atoms. The Balaban J connectivity index is 2.47. The van der Waals surface area contributed by atoms with Gasteiger partial charge in [-0.3, -0.25) is 0 Å². The van der Waals surface area contributed by atoms with Crippen LogP contribution < -0.4 is 9.47 Å². The maximum atomic E-state index is 10.9. The molecule has 0 aromatic heterocycles. The van der Waals surface area contributed by atoms with E-state index in [2.05, 4.69) is 4.90 Å². The molecule has 100 valence electrons. The Morgan fingerprint density at radius 3 is 2.33 bits per heavy atom. The minimum Gasteiger partial charge on any atom is -0.496 e. The fourth-order valence-corrected chi connectivity index (χ4v) is 2.76. The van der Waals surface area contributed by atoms with E-state index in [4.69, 9.17) is 9.47 Å². The number of methoxy groups -OCH3 is 2. The number of hydrogen-bond donors (Lipinski definition) is 1. The smallest absolute Gasteiger partial charge is 0.128 e. The van der Waals surface area contributed by atoms with Crippen molar-refractivity contribution in [3.63, 3.8) is 0 Å². The highest BCUT2D eigenvalue weighted by atomic mass is 16.5. The van der Waals surface area contributed by atoms with Crippen molar-refractivity contribution < 1.29 is 14.6 Å². The van der Waals surface area contributed by atoms with Crippen LogP contribution in [0.5, 0.6) is 11.5 Å². The zero-order valence-electron chi connectivity index (χ0n) is 11.3. The highest BCUT2D eigenvalue weighted by molar-refractivity contribution is 5.49. The van der Waals surface area contributed by atoms with Gasteiger partial charge in [-0.1, -0.05) is 6.07 Å². The number of likely N-dealkylation sites (N-methyl/N-ethyl adjacent to an activating group) is 1. The molecule has 0 amide bonds. The predicted molar refractivity (Wildman–Crippen MR) is 70.2 cm³/mol. The van der Waals surface area contributed by atoms with E-state index in [1.807, 2.05) is 25.2 Å². The summed E-state index contributed by atoms with van der Waals surface area (Å²) in [6.07, 6.45) is 1.70. The lowest BCUT2D eigenvalue weighted by molar-refractivity contribution is -0.0308. The molecule has 0 aliphatic carbocycles. The molecular formula is C14H21NO3. The lowest BCUT2D eigenvalue weighted by Gasteiger charge is -2.38. The number of β-amino-alcohol motifs (C(OH)–C–C–N with tert-alkyl or cyclic N) is 1. The maximum absolute atomic E-state index is 10.9. The van der Waals surface area contributed by atoms with Crippen molar-refractivity contribution in [2.75, 3.05) is 34.4 Å². The number of likely N-dealkylation sites (tertiary alicyclic amines) is 1. The maximum Gasteiger partial charge on any atom is 0.128 e. The molecule has 1 heterocycles. The van der Waals surface area contributed by atoms with Gasteiger partial charge in [-0.15, -0.1) is 0 Å². The molecule has 1 atom stereocenters. The average molecular weight is 251 g/mol. The Morgan fingerprint density at radius 1 is 1.22 bits per heavy atom. The number of piperidine rings is 1. The second-order valence-corrected chi connectivity index (χ2v) is 4.91. The second-order valence-electron chi connectivity index (χ2n) is 4.91. The first-order valence-electron chi connectivity index (χ1n) is 6.23. The van der Waals surface area contributed by atoms with Crippen LogP contribution in [-0.4, -0.2) is 44.4 Å². The summed E-state index contributed by atoms with van der Waals surface area (Å²) in [6, 6.07) is 5.60. The monoisotopic (exact) mass is 251 g/mol. The van der Waals surface area contributed by atoms with Crippen LogP contribution in [0.2, 0.25) is 0 Å². The Labute approximate surface area is 108 Å². The second kappa shape index (κ2) is 5.16. The van der Waals surface area contributed by atoms with Gasteiger partial charge >= 0.3 is 0 Å². The fraction of sp³-hybridized carbons (Fsp3) is 0.571. The summed E-state index contributed by atoms with van der Waals surface area (Å²) in [5, 5.41) is 10.9. The summed E-state index contributed by atoms with van der Waals surface area (Å²) in [4.78, 5) is 2.13. The normalized spacial score (nSPS) is 24.9. The highest BCUT2D eigenvalue weighted by Gasteiger charge is 2.38. The van der Waals surface area contributed by atoms with Crippen LogP contribution in [0, 0.1) is 0 Å². The summed E-state index contributed by atoms with van der Waals surface area (Å²) in [5.74, 6) is 1.37. The minimum atomic E-state index is -0.898. The number of hydrogen-bond acceptors (Lipinski definition) is 4. The molecule has 1 saturated heterocycles. The Kier molecular flexibility index (Phi) is 3.78. The topological polar surface area (TPSA) is 41.9 Å². The van der Waals surface area contributed by atoms with Crippen LogP contribution in [0.3, 0.4) is 0 Å². The van der Waals surface area contributed by atoms with Crippen molar-refractivity contribution in [2.24, 2.45) is 0 Å². The Bertz CT molecular complexity index is 399. The molecule has 1 aliphatic heterocycles. The molecule has 1 aliphatic rings. The summed E-state index contributed by atoms with van der Waals surface area (Å²) < 4.78 is 10.8. The molecule has 0 saturated carbocycles. The minimum absolute atomic E-state index is 0.601. The molecule has 2 rings (SSSR count). The van der Waals surface area contributed by atoms with E-state index in [-0.39, 0.29) is 0 Å². The average Bonchev–Trinajstić information content (AvgIpc) is 2.37. The molecule has 1 aromatic carbocycles. The molecule has 18 heavy (non-hydrogen) atoms. The van der Waals surface area contributed by atoms with Gasteiger partial charge in [0.25, 0.3) is 0 Å². The van der Waals surface area contributed by atoms with Crippen molar-refractivity contribution >= 4 is 0 Å². The number of ether oxygens (including phenoxy) is 2. The zero-order chi connectivity index (χ0) is 13.2. The molecule has 0 radical (unpaired) electrons. The van der Waals surface area contributed by atoms with Crippen LogP contribution in [-0.2, 0) is 5.60 Å². The number of benzene rings is 1. The first-order chi connectivity index (χ1) is 8.60. The van der Waals surface area contributed by atoms with E-state index in [9.17, 15) is 5.11 Å². The third kappa shape index (κ3) is 2.31. The van der Waals surface area contributed by atoms with Gasteiger partial charge in [0, 0.05) is 6.54 Å². The third-order valence-electron chi connectivity index (χ3n) is 3.55. The van der Waals surface area contributed by atoms with Crippen molar-refractivity contribution in [3.8, 4) is 11.5 Å². The summed E-state index contributed by atoms with van der Waals surface area (Å²) in [7, 11) is 5.26. The summed E-state index contributed by atoms with van der Waals surface area (Å²) >= 11 is 0. The van der Waals surface area contributed by atoms with Crippen molar-refractivity contribution in [2.45, 2.75) is 18.4 Å². The lowest BCUT2D eigenvalue weighted by atomic mass is 9.84. The molecule has 4 heteroatoms. The standard InChI is InChI=1S/C14H21NO3/c1-15-9-5-8-14(16,10-15)13-11(17-2)6-4-7-12(13)18-3/h4,6-7,16H,5,8-10H2,1-3H3. The van der Waals surface area contributed by atoms with E-state index in [0.29, 0.717) is 18.0 Å². The fourth-order valence-electron chi connectivity index (χ4n) is 2.76. The lowest BCUT2D eigenvalue weighted by Crippen LogP contribution is -2.44. The van der Waals surface area contributed by atoms with Gasteiger partial charge in [0.1, 0.15) is 17.1 Å². The van der Waals surface area contributed by atoms with Crippen molar-refractivity contribution in [1.29, 1.82) is 0 Å². The first-order valence-corrected chi connectivity index (χ1v) is 6.23. The molecule has 1 unspecified atom stereocenters. The molecular weight excluding hydrogens is 230 g/mol.